The van der Waals surface area contributed by atoms with Gasteiger partial charge < -0.3 is 10.6 Å². The van der Waals surface area contributed by atoms with Gasteiger partial charge in [-0.15, -0.1) is 0 Å². The van der Waals surface area contributed by atoms with E-state index in [-0.39, 0.29) is 5.91 Å². The molecule has 1 aromatic rings. The van der Waals surface area contributed by atoms with Crippen LogP contribution in [0.25, 0.3) is 0 Å². The zero-order valence-corrected chi connectivity index (χ0v) is 13.2. The lowest BCUT2D eigenvalue weighted by Crippen LogP contribution is -2.38. The smallest absolute Gasteiger partial charge is 0.253 e. The summed E-state index contributed by atoms with van der Waals surface area (Å²) in [6.45, 7) is 8.84. The summed E-state index contributed by atoms with van der Waals surface area (Å²) in [6, 6.07) is 8.40. The second-order valence-corrected chi connectivity index (χ2v) is 5.65. The molecule has 1 amide bonds. The summed E-state index contributed by atoms with van der Waals surface area (Å²) < 4.78 is 0. The molecule has 1 aliphatic heterocycles. The van der Waals surface area contributed by atoms with Crippen molar-refractivity contribution >= 4 is 5.91 Å². The van der Waals surface area contributed by atoms with Crippen molar-refractivity contribution in [3.8, 4) is 0 Å². The second-order valence-electron chi connectivity index (χ2n) is 5.65. The molecule has 1 atom stereocenters. The number of likely N-dealkylation sites (N-methyl/N-ethyl adjacent to an activating group) is 1. The molecule has 1 saturated heterocycles. The number of rotatable bonds is 6. The molecule has 0 radical (unpaired) electrons. The van der Waals surface area contributed by atoms with Crippen LogP contribution < -0.4 is 5.73 Å². The molecule has 1 unspecified atom stereocenters. The summed E-state index contributed by atoms with van der Waals surface area (Å²) >= 11 is 0. The van der Waals surface area contributed by atoms with Crippen LogP contribution in [0.4, 0.5) is 0 Å². The number of nitrogens with zero attached hydrogens (tertiary/aromatic N) is 2. The van der Waals surface area contributed by atoms with Gasteiger partial charge in [-0.2, -0.15) is 0 Å². The van der Waals surface area contributed by atoms with E-state index in [9.17, 15) is 4.79 Å². The van der Waals surface area contributed by atoms with Crippen molar-refractivity contribution in [1.82, 2.24) is 9.80 Å². The van der Waals surface area contributed by atoms with Gasteiger partial charge in [-0.1, -0.05) is 26.0 Å². The Kier molecular flexibility index (Phi) is 5.76. The lowest BCUT2D eigenvalue weighted by molar-refractivity contribution is 0.0778. The molecule has 21 heavy (non-hydrogen) atoms. The quantitative estimate of drug-likeness (QED) is 0.868. The summed E-state index contributed by atoms with van der Waals surface area (Å²) in [5.41, 5.74) is 7.53. The van der Waals surface area contributed by atoms with E-state index in [4.69, 9.17) is 5.73 Å². The average molecular weight is 289 g/mol. The summed E-state index contributed by atoms with van der Waals surface area (Å²) in [4.78, 5) is 17.0. The number of carbonyl (C=O) groups excluding carboxylic acids is 1. The topological polar surface area (TPSA) is 49.6 Å². The summed E-state index contributed by atoms with van der Waals surface area (Å²) in [7, 11) is 0. The zero-order chi connectivity index (χ0) is 15.2. The van der Waals surface area contributed by atoms with Gasteiger partial charge in [0.1, 0.15) is 0 Å². The number of amides is 1. The molecule has 0 spiro atoms. The van der Waals surface area contributed by atoms with E-state index in [1.165, 1.54) is 5.56 Å². The molecule has 2 rings (SSSR count). The highest BCUT2D eigenvalue weighted by Gasteiger charge is 2.29. The fraction of sp³-hybridized carbons (Fsp3) is 0.588. The van der Waals surface area contributed by atoms with Gasteiger partial charge >= 0.3 is 0 Å². The summed E-state index contributed by atoms with van der Waals surface area (Å²) in [5.74, 6) is 0.156. The Morgan fingerprint density at radius 3 is 2.52 bits per heavy atom. The molecular weight excluding hydrogens is 262 g/mol. The Balaban J connectivity index is 1.97. The minimum Gasteiger partial charge on any atom is -0.337 e. The zero-order valence-electron chi connectivity index (χ0n) is 13.2. The van der Waals surface area contributed by atoms with Crippen LogP contribution in [-0.4, -0.2) is 54.5 Å². The number of hydrogen-bond acceptors (Lipinski definition) is 3. The van der Waals surface area contributed by atoms with E-state index < -0.39 is 0 Å². The first kappa shape index (κ1) is 16.0. The molecule has 1 fully saturated rings. The van der Waals surface area contributed by atoms with Gasteiger partial charge in [-0.05, 0) is 50.2 Å². The molecule has 1 heterocycles. The highest BCUT2D eigenvalue weighted by Crippen LogP contribution is 2.18. The second kappa shape index (κ2) is 7.57. The van der Waals surface area contributed by atoms with E-state index in [2.05, 4.69) is 18.7 Å². The monoisotopic (exact) mass is 289 g/mol. The van der Waals surface area contributed by atoms with Crippen LogP contribution >= 0.6 is 0 Å². The highest BCUT2D eigenvalue weighted by atomic mass is 16.2. The number of likely N-dealkylation sites (tertiary alicyclic amines) is 1. The molecule has 116 valence electrons. The molecule has 1 aliphatic rings. The predicted molar refractivity (Wildman–Crippen MR) is 86.4 cm³/mol. The van der Waals surface area contributed by atoms with Crippen molar-refractivity contribution in [2.24, 2.45) is 5.73 Å². The molecule has 4 heteroatoms. The molecule has 0 saturated carbocycles. The van der Waals surface area contributed by atoms with Crippen molar-refractivity contribution in [3.05, 3.63) is 35.4 Å². The molecule has 0 aromatic heterocycles. The van der Waals surface area contributed by atoms with Gasteiger partial charge in [0, 0.05) is 24.7 Å². The van der Waals surface area contributed by atoms with Crippen LogP contribution in [0.2, 0.25) is 0 Å². The Labute approximate surface area is 127 Å². The van der Waals surface area contributed by atoms with Crippen LogP contribution in [0, 0.1) is 0 Å². The first-order valence-electron chi connectivity index (χ1n) is 8.01. The van der Waals surface area contributed by atoms with Crippen molar-refractivity contribution in [2.45, 2.75) is 32.7 Å². The van der Waals surface area contributed by atoms with Gasteiger partial charge in [-0.25, -0.2) is 0 Å². The average Bonchev–Trinajstić information content (AvgIpc) is 2.99. The molecule has 1 aromatic carbocycles. The third-order valence-corrected chi connectivity index (χ3v) is 4.41. The Bertz CT molecular complexity index is 454. The maximum Gasteiger partial charge on any atom is 0.253 e. The third kappa shape index (κ3) is 3.83. The van der Waals surface area contributed by atoms with Crippen LogP contribution in [-0.2, 0) is 6.42 Å². The van der Waals surface area contributed by atoms with E-state index in [1.54, 1.807) is 0 Å². The Morgan fingerprint density at radius 2 is 1.95 bits per heavy atom. The normalized spacial score (nSPS) is 18.5. The van der Waals surface area contributed by atoms with Crippen LogP contribution in [0.1, 0.15) is 36.2 Å². The number of carbonyl (C=O) groups is 1. The maximum absolute atomic E-state index is 12.5. The third-order valence-electron chi connectivity index (χ3n) is 4.41. The number of benzene rings is 1. The fourth-order valence-electron chi connectivity index (χ4n) is 3.13. The number of nitrogens with two attached hydrogens (primary N) is 1. The van der Waals surface area contributed by atoms with E-state index in [0.29, 0.717) is 12.6 Å². The molecular formula is C17H27N3O. The van der Waals surface area contributed by atoms with Crippen molar-refractivity contribution in [2.75, 3.05) is 32.7 Å². The van der Waals surface area contributed by atoms with Gasteiger partial charge in [0.25, 0.3) is 5.91 Å². The molecule has 2 N–H and O–H groups in total. The first-order chi connectivity index (χ1) is 10.2. The number of hydrogen-bond donors (Lipinski definition) is 1. The standard InChI is InChI=1S/C17H27N3O/c1-3-19(4-2)16-10-12-20(13-16)17(21)15-7-5-14(6-8-15)9-11-18/h5-8,16H,3-4,9-13,18H2,1-2H3. The van der Waals surface area contributed by atoms with E-state index in [1.807, 2.05) is 29.2 Å². The van der Waals surface area contributed by atoms with Crippen molar-refractivity contribution < 1.29 is 4.79 Å². The van der Waals surface area contributed by atoms with Crippen molar-refractivity contribution in [1.29, 1.82) is 0 Å². The Hall–Kier alpha value is -1.39. The van der Waals surface area contributed by atoms with E-state index in [0.717, 1.165) is 44.6 Å². The van der Waals surface area contributed by atoms with Gasteiger partial charge in [0.05, 0.1) is 0 Å². The minimum atomic E-state index is 0.156. The van der Waals surface area contributed by atoms with Crippen LogP contribution in [0.5, 0.6) is 0 Å². The largest absolute Gasteiger partial charge is 0.337 e. The highest BCUT2D eigenvalue weighted by molar-refractivity contribution is 5.94. The first-order valence-corrected chi connectivity index (χ1v) is 8.01. The van der Waals surface area contributed by atoms with Gasteiger partial charge in [0.2, 0.25) is 0 Å². The molecule has 0 aliphatic carbocycles. The molecule has 0 bridgehead atoms. The SMILES string of the molecule is CCN(CC)C1CCN(C(=O)c2ccc(CCN)cc2)C1. The minimum absolute atomic E-state index is 0.156. The van der Waals surface area contributed by atoms with Crippen LogP contribution in [0.3, 0.4) is 0 Å². The lowest BCUT2D eigenvalue weighted by atomic mass is 10.1. The summed E-state index contributed by atoms with van der Waals surface area (Å²) in [5, 5.41) is 0. The van der Waals surface area contributed by atoms with Gasteiger partial charge in [-0.3, -0.25) is 9.69 Å². The Morgan fingerprint density at radius 1 is 1.29 bits per heavy atom. The fourth-order valence-corrected chi connectivity index (χ4v) is 3.13. The van der Waals surface area contributed by atoms with Crippen molar-refractivity contribution in [3.63, 3.8) is 0 Å². The lowest BCUT2D eigenvalue weighted by Gasteiger charge is -2.26. The maximum atomic E-state index is 12.5. The summed E-state index contributed by atoms with van der Waals surface area (Å²) in [6.07, 6.45) is 1.95. The predicted octanol–water partition coefficient (Wildman–Crippen LogP) is 1.74. The van der Waals surface area contributed by atoms with Gasteiger partial charge in [0.15, 0.2) is 0 Å². The van der Waals surface area contributed by atoms with Crippen LogP contribution in [0.15, 0.2) is 24.3 Å². The molecule has 4 nitrogen and oxygen atoms in total. The van der Waals surface area contributed by atoms with E-state index >= 15 is 0 Å².